The van der Waals surface area contributed by atoms with Crippen LogP contribution in [0.15, 0.2) is 18.2 Å². The van der Waals surface area contributed by atoms with Gasteiger partial charge in [0.1, 0.15) is 11.2 Å². The van der Waals surface area contributed by atoms with E-state index in [9.17, 15) is 27.6 Å². The Kier molecular flexibility index (Phi) is 7.65. The van der Waals surface area contributed by atoms with Crippen molar-refractivity contribution >= 4 is 35.1 Å². The van der Waals surface area contributed by atoms with E-state index >= 15 is 0 Å². The molecule has 1 aromatic heterocycles. The standard InChI is InChI=1S/C23H23F2N5O4.CH3F/c1-11-17(19(31)21(33)29-23(7-8-23)22(27)34-12(2)26)16-4-3-9-30(16)18(11)20(32)28-13-5-6-14(24)15(25)10-13;1-2/h5-6,10,26-27H,3-4,7-9H2,1-2H3,(H,28,32)(H,29,33);1H3. The van der Waals surface area contributed by atoms with Gasteiger partial charge in [0.25, 0.3) is 17.6 Å². The molecule has 9 nitrogen and oxygen atoms in total. The second-order valence-corrected chi connectivity index (χ2v) is 8.49. The van der Waals surface area contributed by atoms with Gasteiger partial charge in [-0.15, -0.1) is 0 Å². The van der Waals surface area contributed by atoms with E-state index < -0.39 is 34.8 Å². The summed E-state index contributed by atoms with van der Waals surface area (Å²) in [5.74, 6) is -5.02. The zero-order chi connectivity index (χ0) is 26.8. The van der Waals surface area contributed by atoms with E-state index in [-0.39, 0.29) is 28.7 Å². The summed E-state index contributed by atoms with van der Waals surface area (Å²) in [5.41, 5.74) is 0.0970. The lowest BCUT2D eigenvalue weighted by Gasteiger charge is -2.17. The normalized spacial score (nSPS) is 14.6. The fourth-order valence-corrected chi connectivity index (χ4v) is 4.25. The number of hydrogen-bond donors (Lipinski definition) is 4. The number of alkyl halides is 1. The summed E-state index contributed by atoms with van der Waals surface area (Å²) in [5, 5.41) is 20.4. The number of carbonyl (C=O) groups is 3. The first-order chi connectivity index (χ1) is 17.0. The van der Waals surface area contributed by atoms with Gasteiger partial charge in [-0.2, -0.15) is 0 Å². The molecule has 2 aliphatic rings. The minimum atomic E-state index is -1.11. The molecule has 12 heteroatoms. The van der Waals surface area contributed by atoms with Crippen LogP contribution in [-0.4, -0.2) is 46.7 Å². The van der Waals surface area contributed by atoms with Crippen molar-refractivity contribution in [1.29, 1.82) is 10.8 Å². The number of anilines is 1. The third kappa shape index (κ3) is 5.02. The molecular weight excluding hydrogens is 479 g/mol. The molecule has 4 N–H and O–H groups in total. The molecule has 2 heterocycles. The summed E-state index contributed by atoms with van der Waals surface area (Å²) in [6.45, 7) is 3.38. The number of ether oxygens (including phenoxy) is 1. The highest BCUT2D eigenvalue weighted by molar-refractivity contribution is 6.44. The number of aromatic nitrogens is 1. The molecule has 0 saturated heterocycles. The molecule has 0 atom stereocenters. The van der Waals surface area contributed by atoms with E-state index in [1.807, 2.05) is 0 Å². The monoisotopic (exact) mass is 505 g/mol. The first-order valence-electron chi connectivity index (χ1n) is 11.1. The number of ketones is 1. The summed E-state index contributed by atoms with van der Waals surface area (Å²) in [6.07, 6.45) is 1.98. The predicted molar refractivity (Wildman–Crippen MR) is 125 cm³/mol. The van der Waals surface area contributed by atoms with E-state index in [0.29, 0.717) is 50.7 Å². The number of nitrogens with zero attached hydrogens (tertiary/aromatic N) is 1. The Hall–Kier alpha value is -3.96. The van der Waals surface area contributed by atoms with Crippen LogP contribution in [0.1, 0.15) is 58.3 Å². The Morgan fingerprint density at radius 2 is 1.78 bits per heavy atom. The Morgan fingerprint density at radius 3 is 2.36 bits per heavy atom. The van der Waals surface area contributed by atoms with Crippen molar-refractivity contribution in [3.05, 3.63) is 52.3 Å². The Labute approximate surface area is 205 Å². The molecular formula is C24H26F3N5O4. The van der Waals surface area contributed by atoms with Crippen LogP contribution < -0.4 is 10.6 Å². The van der Waals surface area contributed by atoms with E-state index in [2.05, 4.69) is 10.6 Å². The van der Waals surface area contributed by atoms with Gasteiger partial charge in [0.05, 0.1) is 12.7 Å². The first-order valence-corrected chi connectivity index (χ1v) is 11.1. The first kappa shape index (κ1) is 26.6. The van der Waals surface area contributed by atoms with Crippen molar-refractivity contribution in [3.63, 3.8) is 0 Å². The largest absolute Gasteiger partial charge is 0.428 e. The van der Waals surface area contributed by atoms with Crippen LogP contribution in [0.4, 0.5) is 18.9 Å². The number of hydrogen-bond acceptors (Lipinski definition) is 6. The third-order valence-corrected chi connectivity index (χ3v) is 6.03. The van der Waals surface area contributed by atoms with Gasteiger partial charge in [-0.3, -0.25) is 29.6 Å². The average Bonchev–Trinajstić information content (AvgIpc) is 3.37. The van der Waals surface area contributed by atoms with Gasteiger partial charge in [-0.05, 0) is 50.3 Å². The summed E-state index contributed by atoms with van der Waals surface area (Å²) in [7, 11) is 0.500. The quantitative estimate of drug-likeness (QED) is 0.206. The molecule has 2 aromatic rings. The number of rotatable bonds is 6. The molecule has 2 amide bonds. The van der Waals surface area contributed by atoms with E-state index in [1.165, 1.54) is 13.0 Å². The molecule has 1 fully saturated rings. The summed E-state index contributed by atoms with van der Waals surface area (Å²) < 4.78 is 42.9. The number of nitrogens with one attached hydrogen (secondary N) is 4. The molecule has 0 radical (unpaired) electrons. The van der Waals surface area contributed by atoms with Gasteiger partial charge >= 0.3 is 0 Å². The molecule has 1 aliphatic heterocycles. The van der Waals surface area contributed by atoms with Crippen LogP contribution in [0.3, 0.4) is 0 Å². The topological polar surface area (TPSA) is 137 Å². The lowest BCUT2D eigenvalue weighted by molar-refractivity contribution is -0.117. The lowest BCUT2D eigenvalue weighted by Crippen LogP contribution is -2.47. The van der Waals surface area contributed by atoms with Crippen molar-refractivity contribution in [2.75, 3.05) is 12.5 Å². The maximum Gasteiger partial charge on any atom is 0.293 e. The van der Waals surface area contributed by atoms with Crippen LogP contribution in [0.5, 0.6) is 0 Å². The molecule has 0 unspecified atom stereocenters. The maximum atomic E-state index is 13.5. The van der Waals surface area contributed by atoms with Gasteiger partial charge < -0.3 is 19.9 Å². The minimum Gasteiger partial charge on any atom is -0.428 e. The third-order valence-electron chi connectivity index (χ3n) is 6.03. The van der Waals surface area contributed by atoms with Crippen molar-refractivity contribution < 1.29 is 32.3 Å². The highest BCUT2D eigenvalue weighted by Crippen LogP contribution is 2.37. The molecule has 1 aliphatic carbocycles. The van der Waals surface area contributed by atoms with Crippen molar-refractivity contribution in [1.82, 2.24) is 9.88 Å². The second-order valence-electron chi connectivity index (χ2n) is 8.49. The Balaban J connectivity index is 0.00000176. The van der Waals surface area contributed by atoms with Crippen molar-refractivity contribution in [2.45, 2.75) is 51.6 Å². The fourth-order valence-electron chi connectivity index (χ4n) is 4.25. The van der Waals surface area contributed by atoms with Crippen molar-refractivity contribution in [2.24, 2.45) is 0 Å². The van der Waals surface area contributed by atoms with Crippen LogP contribution in [0.25, 0.3) is 0 Å². The molecule has 4 rings (SSSR count). The van der Waals surface area contributed by atoms with E-state index in [4.69, 9.17) is 15.6 Å². The highest BCUT2D eigenvalue weighted by atomic mass is 19.2. The molecule has 0 spiro atoms. The SMILES string of the molecule is CC(=N)OC(=N)C1(NC(=O)C(=O)c2c(C)c(C(=O)Nc3ccc(F)c(F)c3)n3c2CCC3)CC1.CF. The number of fused-ring (bicyclic) bond motifs is 1. The minimum absolute atomic E-state index is 0.0538. The number of halogens is 3. The van der Waals surface area contributed by atoms with Gasteiger partial charge in [0.2, 0.25) is 5.90 Å². The smallest absolute Gasteiger partial charge is 0.293 e. The molecule has 1 aromatic carbocycles. The Bertz CT molecular complexity index is 1270. The zero-order valence-corrected chi connectivity index (χ0v) is 20.0. The molecule has 192 valence electrons. The van der Waals surface area contributed by atoms with Gasteiger partial charge in [-0.1, -0.05) is 0 Å². The molecule has 0 bridgehead atoms. The fraction of sp³-hybridized carbons (Fsp3) is 0.375. The number of amides is 2. The van der Waals surface area contributed by atoms with Crippen molar-refractivity contribution in [3.8, 4) is 0 Å². The average molecular weight is 505 g/mol. The van der Waals surface area contributed by atoms with Crippen LogP contribution in [-0.2, 0) is 22.5 Å². The summed E-state index contributed by atoms with van der Waals surface area (Å²) >= 11 is 0. The van der Waals surface area contributed by atoms with E-state index in [0.717, 1.165) is 12.1 Å². The number of carbonyl (C=O) groups excluding carboxylic acids is 3. The predicted octanol–water partition coefficient (Wildman–Crippen LogP) is 3.68. The van der Waals surface area contributed by atoms with Crippen LogP contribution >= 0.6 is 0 Å². The maximum absolute atomic E-state index is 13.5. The molecule has 36 heavy (non-hydrogen) atoms. The van der Waals surface area contributed by atoms with Crippen LogP contribution in [0, 0.1) is 29.4 Å². The number of benzene rings is 1. The molecule has 1 saturated carbocycles. The summed E-state index contributed by atoms with van der Waals surface area (Å²) in [6, 6.07) is 2.98. The highest BCUT2D eigenvalue weighted by Gasteiger charge is 2.51. The van der Waals surface area contributed by atoms with Gasteiger partial charge in [0, 0.05) is 30.9 Å². The van der Waals surface area contributed by atoms with Gasteiger partial charge in [0.15, 0.2) is 17.5 Å². The van der Waals surface area contributed by atoms with Crippen LogP contribution in [0.2, 0.25) is 0 Å². The zero-order valence-electron chi connectivity index (χ0n) is 20.0. The number of Topliss-reactive ketones (excluding diaryl/α,β-unsaturated/α-hetero) is 1. The van der Waals surface area contributed by atoms with Gasteiger partial charge in [-0.25, -0.2) is 8.78 Å². The lowest BCUT2D eigenvalue weighted by atomic mass is 10.0. The van der Waals surface area contributed by atoms with E-state index in [1.54, 1.807) is 11.5 Å². The second kappa shape index (κ2) is 10.3. The summed E-state index contributed by atoms with van der Waals surface area (Å²) in [4.78, 5) is 39.0. The Morgan fingerprint density at radius 1 is 1.11 bits per heavy atom.